The predicted octanol–water partition coefficient (Wildman–Crippen LogP) is 0.539. The third-order valence-corrected chi connectivity index (χ3v) is 6.00. The molecule has 0 aliphatic heterocycles. The standard InChI is InChI=1S/C12H21N6O5PS2/c1-25-26-3-2-23-24(20,21)7-22-8(5-19)4-18-6-15-9-10(13)16-12(14)17-11(9)18/h6,8,19H,2-5,7H2,1H3,(H,20,21)(H4,13,14,16,17). The molecule has 2 aromatic heterocycles. The van der Waals surface area contributed by atoms with Crippen LogP contribution in [0.2, 0.25) is 0 Å². The van der Waals surface area contributed by atoms with Gasteiger partial charge in [-0.1, -0.05) is 21.6 Å². The van der Waals surface area contributed by atoms with E-state index >= 15 is 0 Å². The lowest BCUT2D eigenvalue weighted by atomic mass is 10.3. The molecule has 0 saturated carbocycles. The van der Waals surface area contributed by atoms with Crippen LogP contribution in [0.15, 0.2) is 6.33 Å². The number of hydrogen-bond donors (Lipinski definition) is 4. The Morgan fingerprint density at radius 3 is 2.88 bits per heavy atom. The van der Waals surface area contributed by atoms with Gasteiger partial charge < -0.3 is 35.3 Å². The second-order valence-corrected chi connectivity index (χ2v) is 9.57. The minimum Gasteiger partial charge on any atom is -0.394 e. The van der Waals surface area contributed by atoms with E-state index in [0.29, 0.717) is 16.9 Å². The lowest BCUT2D eigenvalue weighted by Gasteiger charge is -2.18. The van der Waals surface area contributed by atoms with Gasteiger partial charge in [0, 0.05) is 5.75 Å². The molecule has 0 aliphatic rings. The first kappa shape index (κ1) is 21.2. The maximum Gasteiger partial charge on any atom is 0.353 e. The number of hydrogen-bond acceptors (Lipinski definition) is 11. The predicted molar refractivity (Wildman–Crippen MR) is 103 cm³/mol. The molecule has 26 heavy (non-hydrogen) atoms. The van der Waals surface area contributed by atoms with Crippen LogP contribution in [0.5, 0.6) is 0 Å². The van der Waals surface area contributed by atoms with Crippen molar-refractivity contribution >= 4 is 52.1 Å². The molecule has 2 heterocycles. The Bertz CT molecular complexity index is 778. The van der Waals surface area contributed by atoms with E-state index < -0.39 is 20.0 Å². The van der Waals surface area contributed by atoms with Crippen molar-refractivity contribution in [3.8, 4) is 0 Å². The monoisotopic (exact) mass is 424 g/mol. The number of nitrogens with two attached hydrogens (primary N) is 2. The summed E-state index contributed by atoms with van der Waals surface area (Å²) in [5.41, 5.74) is 12.1. The van der Waals surface area contributed by atoms with Gasteiger partial charge in [0.2, 0.25) is 5.95 Å². The highest BCUT2D eigenvalue weighted by Gasteiger charge is 2.23. The summed E-state index contributed by atoms with van der Waals surface area (Å²) < 4.78 is 23.8. The number of aliphatic hydroxyl groups is 1. The van der Waals surface area contributed by atoms with Gasteiger partial charge in [-0.2, -0.15) is 9.97 Å². The van der Waals surface area contributed by atoms with Crippen molar-refractivity contribution in [2.75, 3.05) is 43.0 Å². The normalized spacial score (nSPS) is 15.2. The van der Waals surface area contributed by atoms with Gasteiger partial charge in [0.05, 0.1) is 32.2 Å². The molecule has 2 unspecified atom stereocenters. The fourth-order valence-corrected chi connectivity index (χ4v) is 4.03. The Morgan fingerprint density at radius 1 is 1.42 bits per heavy atom. The van der Waals surface area contributed by atoms with Crippen LogP contribution in [0.25, 0.3) is 11.2 Å². The fraction of sp³-hybridized carbons (Fsp3) is 0.583. The molecular formula is C12H21N6O5PS2. The molecule has 14 heteroatoms. The van der Waals surface area contributed by atoms with E-state index in [9.17, 15) is 14.6 Å². The van der Waals surface area contributed by atoms with Crippen molar-refractivity contribution < 1.29 is 23.8 Å². The highest BCUT2D eigenvalue weighted by atomic mass is 33.1. The lowest BCUT2D eigenvalue weighted by molar-refractivity contribution is 0.0184. The van der Waals surface area contributed by atoms with Crippen LogP contribution in [-0.2, 0) is 20.4 Å². The molecule has 0 amide bonds. The maximum atomic E-state index is 11.9. The van der Waals surface area contributed by atoms with Crippen LogP contribution in [-0.4, -0.2) is 67.2 Å². The van der Waals surface area contributed by atoms with E-state index in [4.69, 9.17) is 20.7 Å². The molecule has 0 saturated heterocycles. The largest absolute Gasteiger partial charge is 0.394 e. The molecular weight excluding hydrogens is 403 g/mol. The first-order chi connectivity index (χ1) is 12.4. The Hall–Kier alpha value is -1.08. The van der Waals surface area contributed by atoms with Crippen molar-refractivity contribution in [3.05, 3.63) is 6.33 Å². The third kappa shape index (κ3) is 5.98. The number of nitrogens with zero attached hydrogens (tertiary/aromatic N) is 4. The molecule has 0 fully saturated rings. The summed E-state index contributed by atoms with van der Waals surface area (Å²) >= 11 is 0. The number of aromatic nitrogens is 4. The van der Waals surface area contributed by atoms with Crippen LogP contribution in [0.1, 0.15) is 0 Å². The molecule has 146 valence electrons. The summed E-state index contributed by atoms with van der Waals surface area (Å²) in [5, 5.41) is 9.49. The molecule has 11 nitrogen and oxygen atoms in total. The van der Waals surface area contributed by atoms with Crippen molar-refractivity contribution in [2.45, 2.75) is 12.6 Å². The van der Waals surface area contributed by atoms with Gasteiger partial charge in [0.1, 0.15) is 11.9 Å². The number of imidazole rings is 1. The topological polar surface area (TPSA) is 172 Å². The van der Waals surface area contributed by atoms with Gasteiger partial charge in [-0.3, -0.25) is 4.57 Å². The van der Waals surface area contributed by atoms with Crippen LogP contribution in [0.3, 0.4) is 0 Å². The van der Waals surface area contributed by atoms with E-state index in [-0.39, 0.29) is 31.5 Å². The molecule has 0 aromatic carbocycles. The number of anilines is 2. The number of ether oxygens (including phenoxy) is 1. The van der Waals surface area contributed by atoms with E-state index in [1.165, 1.54) is 17.1 Å². The highest BCUT2D eigenvalue weighted by Crippen LogP contribution is 2.42. The Morgan fingerprint density at radius 2 is 2.19 bits per heavy atom. The maximum absolute atomic E-state index is 11.9. The SMILES string of the molecule is CSSCCOP(=O)(O)COC(CO)Cn1cnc2c(N)nc(N)nc21. The summed E-state index contributed by atoms with van der Waals surface area (Å²) in [6.07, 6.45) is 2.06. The zero-order chi connectivity index (χ0) is 19.2. The molecule has 0 aliphatic carbocycles. The van der Waals surface area contributed by atoms with Crippen LogP contribution >= 0.6 is 29.2 Å². The average molecular weight is 424 g/mol. The van der Waals surface area contributed by atoms with Gasteiger partial charge in [-0.05, 0) is 6.26 Å². The van der Waals surface area contributed by atoms with E-state index in [2.05, 4.69) is 15.0 Å². The second kappa shape index (κ2) is 9.74. The van der Waals surface area contributed by atoms with Gasteiger partial charge in [0.25, 0.3) is 0 Å². The van der Waals surface area contributed by atoms with Crippen molar-refractivity contribution in [3.63, 3.8) is 0 Å². The second-order valence-electron chi connectivity index (χ2n) is 5.10. The summed E-state index contributed by atoms with van der Waals surface area (Å²) in [6, 6.07) is 0. The quantitative estimate of drug-likeness (QED) is 0.224. The summed E-state index contributed by atoms with van der Waals surface area (Å²) in [7, 11) is -0.837. The average Bonchev–Trinajstić information content (AvgIpc) is 2.98. The Kier molecular flexibility index (Phi) is 7.95. The number of rotatable bonds is 11. The zero-order valence-corrected chi connectivity index (χ0v) is 16.5. The van der Waals surface area contributed by atoms with Crippen molar-refractivity contribution in [1.82, 2.24) is 19.5 Å². The first-order valence-electron chi connectivity index (χ1n) is 7.44. The van der Waals surface area contributed by atoms with E-state index in [1.54, 1.807) is 15.4 Å². The lowest BCUT2D eigenvalue weighted by Crippen LogP contribution is -2.25. The van der Waals surface area contributed by atoms with Gasteiger partial charge >= 0.3 is 7.60 Å². The molecule has 2 atom stereocenters. The summed E-state index contributed by atoms with van der Waals surface area (Å²) in [4.78, 5) is 21.8. The molecule has 0 radical (unpaired) electrons. The zero-order valence-electron chi connectivity index (χ0n) is 14.0. The van der Waals surface area contributed by atoms with Crippen LogP contribution in [0.4, 0.5) is 11.8 Å². The molecule has 6 N–H and O–H groups in total. The fourth-order valence-electron chi connectivity index (χ4n) is 2.03. The number of nitrogen functional groups attached to an aromatic ring is 2. The molecule has 0 bridgehead atoms. The highest BCUT2D eigenvalue weighted by molar-refractivity contribution is 8.76. The Balaban J connectivity index is 1.96. The van der Waals surface area contributed by atoms with E-state index in [1.807, 2.05) is 6.26 Å². The van der Waals surface area contributed by atoms with Crippen LogP contribution in [0, 0.1) is 0 Å². The summed E-state index contributed by atoms with van der Waals surface area (Å²) in [6.45, 7) is -0.114. The first-order valence-corrected chi connectivity index (χ1v) is 11.9. The molecule has 0 spiro atoms. The van der Waals surface area contributed by atoms with Crippen molar-refractivity contribution in [1.29, 1.82) is 0 Å². The molecule has 2 rings (SSSR count). The Labute approximate surface area is 157 Å². The van der Waals surface area contributed by atoms with Crippen LogP contribution < -0.4 is 11.5 Å². The summed E-state index contributed by atoms with van der Waals surface area (Å²) in [5.74, 6) is 0.720. The smallest absolute Gasteiger partial charge is 0.353 e. The minimum atomic E-state index is -3.90. The van der Waals surface area contributed by atoms with E-state index in [0.717, 1.165) is 0 Å². The molecule has 2 aromatic rings. The number of fused-ring (bicyclic) bond motifs is 1. The van der Waals surface area contributed by atoms with Gasteiger partial charge in [-0.15, -0.1) is 0 Å². The van der Waals surface area contributed by atoms with Gasteiger partial charge in [-0.25, -0.2) is 4.98 Å². The minimum absolute atomic E-state index is 0.00501. The third-order valence-electron chi connectivity index (χ3n) is 3.16. The van der Waals surface area contributed by atoms with Gasteiger partial charge in [0.15, 0.2) is 11.5 Å². The van der Waals surface area contributed by atoms with Crippen molar-refractivity contribution in [2.24, 2.45) is 0 Å². The number of aliphatic hydroxyl groups excluding tert-OH is 1.